The van der Waals surface area contributed by atoms with E-state index >= 15 is 0 Å². The minimum absolute atomic E-state index is 0.0365. The summed E-state index contributed by atoms with van der Waals surface area (Å²) in [5, 5.41) is 0. The van der Waals surface area contributed by atoms with Gasteiger partial charge in [0.05, 0.1) is 0 Å². The van der Waals surface area contributed by atoms with Gasteiger partial charge in [0.15, 0.2) is 0 Å². The number of hydrogen-bond donors (Lipinski definition) is 1. The molecule has 0 heterocycles. The van der Waals surface area contributed by atoms with Crippen molar-refractivity contribution in [1.29, 1.82) is 0 Å². The first kappa shape index (κ1) is 9.01. The lowest BCUT2D eigenvalue weighted by atomic mass is 10.00. The molecule has 0 aliphatic heterocycles. The van der Waals surface area contributed by atoms with E-state index in [1.54, 1.807) is 6.08 Å². The van der Waals surface area contributed by atoms with Gasteiger partial charge >= 0.3 is 0 Å². The largest absolute Gasteiger partial charge is 0.321 e. The first-order valence-corrected chi connectivity index (χ1v) is 4.10. The quantitative estimate of drug-likeness (QED) is 0.662. The molecule has 1 rings (SSSR count). The molecule has 1 aromatic rings. The maximum Gasteiger partial charge on any atom is 0.0481 e. The van der Waals surface area contributed by atoms with E-state index in [2.05, 4.69) is 38.6 Å². The van der Waals surface area contributed by atoms with Gasteiger partial charge in [-0.3, -0.25) is 0 Å². The van der Waals surface area contributed by atoms with E-state index in [0.717, 1.165) is 5.56 Å². The Morgan fingerprint density at radius 1 is 1.42 bits per heavy atom. The predicted molar refractivity (Wildman–Crippen MR) is 53.0 cm³/mol. The molecule has 1 atom stereocenters. The Labute approximate surface area is 73.9 Å². The van der Waals surface area contributed by atoms with Crippen molar-refractivity contribution in [2.75, 3.05) is 0 Å². The second-order valence-electron chi connectivity index (χ2n) is 3.12. The summed E-state index contributed by atoms with van der Waals surface area (Å²) < 4.78 is 0. The highest BCUT2D eigenvalue weighted by atomic mass is 14.6. The lowest BCUT2D eigenvalue weighted by Gasteiger charge is -2.10. The molecule has 0 fully saturated rings. The molecule has 0 radical (unpaired) electrons. The van der Waals surface area contributed by atoms with Gasteiger partial charge in [-0.15, -0.1) is 6.58 Å². The molecule has 1 heteroatoms. The number of rotatable bonds is 2. The summed E-state index contributed by atoms with van der Waals surface area (Å²) in [6.45, 7) is 7.83. The highest BCUT2D eigenvalue weighted by molar-refractivity contribution is 5.34. The summed E-state index contributed by atoms with van der Waals surface area (Å²) in [5.74, 6) is 0. The SMILES string of the molecule is C=CC(N)c1ccc(C)cc1C. The van der Waals surface area contributed by atoms with Crippen molar-refractivity contribution >= 4 is 0 Å². The first-order chi connectivity index (χ1) is 5.65. The third kappa shape index (κ3) is 1.74. The lowest BCUT2D eigenvalue weighted by Crippen LogP contribution is -2.08. The molecule has 0 aliphatic carbocycles. The molecule has 0 aliphatic rings. The normalized spacial score (nSPS) is 12.6. The fourth-order valence-corrected chi connectivity index (χ4v) is 1.33. The van der Waals surface area contributed by atoms with E-state index in [9.17, 15) is 0 Å². The zero-order valence-electron chi connectivity index (χ0n) is 7.67. The van der Waals surface area contributed by atoms with Gasteiger partial charge in [0.1, 0.15) is 0 Å². The van der Waals surface area contributed by atoms with Crippen molar-refractivity contribution in [2.45, 2.75) is 19.9 Å². The van der Waals surface area contributed by atoms with Crippen LogP contribution in [0.15, 0.2) is 30.9 Å². The zero-order valence-corrected chi connectivity index (χ0v) is 7.67. The second-order valence-corrected chi connectivity index (χ2v) is 3.12. The maximum atomic E-state index is 5.83. The summed E-state index contributed by atoms with van der Waals surface area (Å²) >= 11 is 0. The fraction of sp³-hybridized carbons (Fsp3) is 0.273. The van der Waals surface area contributed by atoms with Crippen LogP contribution >= 0.6 is 0 Å². The van der Waals surface area contributed by atoms with Gasteiger partial charge in [-0.1, -0.05) is 29.8 Å². The average Bonchev–Trinajstić information content (AvgIpc) is 2.03. The molecule has 0 spiro atoms. The molecule has 2 N–H and O–H groups in total. The van der Waals surface area contributed by atoms with Gasteiger partial charge in [0.2, 0.25) is 0 Å². The third-order valence-electron chi connectivity index (χ3n) is 2.04. The molecule has 1 nitrogen and oxygen atoms in total. The van der Waals surface area contributed by atoms with Crippen LogP contribution in [0.3, 0.4) is 0 Å². The molecule has 0 amide bonds. The van der Waals surface area contributed by atoms with Crippen molar-refractivity contribution < 1.29 is 0 Å². The van der Waals surface area contributed by atoms with Crippen LogP contribution in [0, 0.1) is 13.8 Å². The van der Waals surface area contributed by atoms with Crippen LogP contribution in [0.2, 0.25) is 0 Å². The zero-order chi connectivity index (χ0) is 9.14. The van der Waals surface area contributed by atoms with Crippen molar-refractivity contribution in [3.63, 3.8) is 0 Å². The van der Waals surface area contributed by atoms with E-state index in [-0.39, 0.29) is 6.04 Å². The monoisotopic (exact) mass is 161 g/mol. The van der Waals surface area contributed by atoms with Gasteiger partial charge in [-0.25, -0.2) is 0 Å². The van der Waals surface area contributed by atoms with Crippen LogP contribution in [-0.4, -0.2) is 0 Å². The van der Waals surface area contributed by atoms with Gasteiger partial charge in [-0.2, -0.15) is 0 Å². The molecule has 0 saturated heterocycles. The summed E-state index contributed by atoms with van der Waals surface area (Å²) in [7, 11) is 0. The molecule has 0 bridgehead atoms. The summed E-state index contributed by atoms with van der Waals surface area (Å²) in [6.07, 6.45) is 1.76. The van der Waals surface area contributed by atoms with Crippen molar-refractivity contribution in [3.8, 4) is 0 Å². The number of aryl methyl sites for hydroxylation is 2. The summed E-state index contributed by atoms with van der Waals surface area (Å²) in [5.41, 5.74) is 9.50. The Kier molecular flexibility index (Phi) is 2.66. The lowest BCUT2D eigenvalue weighted by molar-refractivity contribution is 0.901. The van der Waals surface area contributed by atoms with Crippen molar-refractivity contribution in [1.82, 2.24) is 0 Å². The Morgan fingerprint density at radius 2 is 2.08 bits per heavy atom. The van der Waals surface area contributed by atoms with Crippen LogP contribution in [0.4, 0.5) is 0 Å². The Morgan fingerprint density at radius 3 is 2.58 bits per heavy atom. The minimum atomic E-state index is -0.0365. The van der Waals surface area contributed by atoms with Crippen molar-refractivity contribution in [3.05, 3.63) is 47.5 Å². The van der Waals surface area contributed by atoms with Gasteiger partial charge in [0.25, 0.3) is 0 Å². The number of benzene rings is 1. The molecule has 0 saturated carbocycles. The van der Waals surface area contributed by atoms with E-state index in [1.807, 2.05) is 0 Å². The van der Waals surface area contributed by atoms with Crippen molar-refractivity contribution in [2.24, 2.45) is 5.73 Å². The average molecular weight is 161 g/mol. The first-order valence-electron chi connectivity index (χ1n) is 4.10. The van der Waals surface area contributed by atoms with Crippen LogP contribution in [0.25, 0.3) is 0 Å². The van der Waals surface area contributed by atoms with Gasteiger partial charge in [0, 0.05) is 6.04 Å². The van der Waals surface area contributed by atoms with E-state index in [4.69, 9.17) is 5.73 Å². The number of hydrogen-bond acceptors (Lipinski definition) is 1. The van der Waals surface area contributed by atoms with E-state index < -0.39 is 0 Å². The third-order valence-corrected chi connectivity index (χ3v) is 2.04. The van der Waals surface area contributed by atoms with Gasteiger partial charge < -0.3 is 5.73 Å². The van der Waals surface area contributed by atoms with Crippen LogP contribution in [0.5, 0.6) is 0 Å². The standard InChI is InChI=1S/C11H15N/c1-4-11(12)10-6-5-8(2)7-9(10)3/h4-7,11H,1,12H2,2-3H3. The van der Waals surface area contributed by atoms with Crippen LogP contribution in [-0.2, 0) is 0 Å². The fourth-order valence-electron chi connectivity index (χ4n) is 1.33. The topological polar surface area (TPSA) is 26.0 Å². The highest BCUT2D eigenvalue weighted by Crippen LogP contribution is 2.17. The van der Waals surface area contributed by atoms with Crippen LogP contribution < -0.4 is 5.73 Å². The molecule has 0 aromatic heterocycles. The Balaban J connectivity index is 3.09. The predicted octanol–water partition coefficient (Wildman–Crippen LogP) is 2.49. The van der Waals surface area contributed by atoms with E-state index in [0.29, 0.717) is 0 Å². The molecule has 1 aromatic carbocycles. The maximum absolute atomic E-state index is 5.83. The highest BCUT2D eigenvalue weighted by Gasteiger charge is 2.03. The van der Waals surface area contributed by atoms with Gasteiger partial charge in [-0.05, 0) is 25.0 Å². The summed E-state index contributed by atoms with van der Waals surface area (Å²) in [4.78, 5) is 0. The Bertz CT molecular complexity index is 289. The summed E-state index contributed by atoms with van der Waals surface area (Å²) in [6, 6.07) is 6.24. The smallest absolute Gasteiger partial charge is 0.0481 e. The number of nitrogens with two attached hydrogens (primary N) is 1. The molecule has 12 heavy (non-hydrogen) atoms. The van der Waals surface area contributed by atoms with E-state index in [1.165, 1.54) is 11.1 Å². The second kappa shape index (κ2) is 3.55. The minimum Gasteiger partial charge on any atom is -0.321 e. The molecule has 64 valence electrons. The molecule has 1 unspecified atom stereocenters. The molecular formula is C11H15N. The Hall–Kier alpha value is -1.08. The molecular weight excluding hydrogens is 146 g/mol. The van der Waals surface area contributed by atoms with Crippen LogP contribution in [0.1, 0.15) is 22.7 Å².